The largest absolute Gasteiger partial charge is 0.478 e. The predicted octanol–water partition coefficient (Wildman–Crippen LogP) is 6.71. The molecular weight excluding hydrogens is 624 g/mol. The van der Waals surface area contributed by atoms with E-state index in [1.165, 1.54) is 60.7 Å². The smallest absolute Gasteiger partial charge is 0.336 e. The number of carboxylic acid groups (broad SMARTS) is 6. The third kappa shape index (κ3) is 7.41. The average Bonchev–Trinajstić information content (AvgIpc) is 3.06. The van der Waals surface area contributed by atoms with Gasteiger partial charge in [0, 0.05) is 0 Å². The van der Waals surface area contributed by atoms with Crippen LogP contribution >= 0.6 is 0 Å². The first-order chi connectivity index (χ1) is 22.8. The van der Waals surface area contributed by atoms with Crippen molar-refractivity contribution >= 4 is 68.1 Å². The number of carbonyl (C=O) groups is 6. The highest BCUT2D eigenvalue weighted by Gasteiger charge is 2.15. The van der Waals surface area contributed by atoms with Gasteiger partial charge in [-0.15, -0.1) is 0 Å². The maximum atomic E-state index is 10.9. The van der Waals surface area contributed by atoms with Gasteiger partial charge in [0.15, 0.2) is 0 Å². The maximum absolute atomic E-state index is 10.9. The average molecular weight is 649 g/mol. The van der Waals surface area contributed by atoms with Crippen molar-refractivity contribution in [1.82, 2.24) is 0 Å². The van der Waals surface area contributed by atoms with Crippen molar-refractivity contribution in [3.8, 4) is 0 Å². The van der Waals surface area contributed by atoms with Crippen molar-refractivity contribution < 1.29 is 59.4 Å². The molecule has 240 valence electrons. The third-order valence-electron chi connectivity index (χ3n) is 7.10. The number of aromatic carboxylic acids is 6. The number of rotatable bonds is 6. The molecular formula is C36H24O12. The summed E-state index contributed by atoms with van der Waals surface area (Å²) in [6, 6.07) is 27.5. The Morgan fingerprint density at radius 2 is 0.604 bits per heavy atom. The van der Waals surface area contributed by atoms with Crippen molar-refractivity contribution in [2.75, 3.05) is 0 Å². The molecule has 0 fully saturated rings. The summed E-state index contributed by atoms with van der Waals surface area (Å²) in [6.07, 6.45) is 0. The highest BCUT2D eigenvalue weighted by atomic mass is 16.4. The second kappa shape index (κ2) is 14.3. The van der Waals surface area contributed by atoms with Crippen LogP contribution in [0.1, 0.15) is 62.1 Å². The molecule has 12 heteroatoms. The Morgan fingerprint density at radius 1 is 0.312 bits per heavy atom. The van der Waals surface area contributed by atoms with E-state index in [2.05, 4.69) is 0 Å². The minimum Gasteiger partial charge on any atom is -0.478 e. The zero-order valence-corrected chi connectivity index (χ0v) is 24.5. The molecule has 0 aliphatic heterocycles. The predicted molar refractivity (Wildman–Crippen MR) is 174 cm³/mol. The fourth-order valence-electron chi connectivity index (χ4n) is 4.87. The third-order valence-corrected chi connectivity index (χ3v) is 7.10. The van der Waals surface area contributed by atoms with Gasteiger partial charge in [0.25, 0.3) is 0 Å². The molecule has 0 atom stereocenters. The van der Waals surface area contributed by atoms with Crippen molar-refractivity contribution in [2.24, 2.45) is 0 Å². The summed E-state index contributed by atoms with van der Waals surface area (Å²) in [7, 11) is 0. The summed E-state index contributed by atoms with van der Waals surface area (Å²) in [5, 5.41) is 56.6. The van der Waals surface area contributed by atoms with Gasteiger partial charge in [-0.1, -0.05) is 60.7 Å². The molecule has 0 spiro atoms. The van der Waals surface area contributed by atoms with Crippen molar-refractivity contribution in [2.45, 2.75) is 0 Å². The van der Waals surface area contributed by atoms with Gasteiger partial charge in [0.05, 0.1) is 33.4 Å². The molecule has 0 saturated carbocycles. The molecule has 48 heavy (non-hydrogen) atoms. The lowest BCUT2D eigenvalue weighted by Crippen LogP contribution is -2.02. The van der Waals surface area contributed by atoms with Crippen LogP contribution in [-0.2, 0) is 0 Å². The van der Waals surface area contributed by atoms with Crippen molar-refractivity contribution in [3.63, 3.8) is 0 Å². The van der Waals surface area contributed by atoms with Crippen LogP contribution in [0.25, 0.3) is 32.3 Å². The Hall–Kier alpha value is -7.08. The lowest BCUT2D eigenvalue weighted by Gasteiger charge is -2.05. The summed E-state index contributed by atoms with van der Waals surface area (Å²) in [5.41, 5.74) is 0.827. The molecule has 0 bridgehead atoms. The fourth-order valence-corrected chi connectivity index (χ4v) is 4.87. The molecule has 0 saturated heterocycles. The van der Waals surface area contributed by atoms with Gasteiger partial charge < -0.3 is 30.6 Å². The summed E-state index contributed by atoms with van der Waals surface area (Å²) >= 11 is 0. The van der Waals surface area contributed by atoms with Crippen LogP contribution in [0.3, 0.4) is 0 Å². The van der Waals surface area contributed by atoms with Gasteiger partial charge in [-0.3, -0.25) is 0 Å². The standard InChI is InChI=1S/3C12H8O4/c13-11(14)9-3-1-7-5-10(12(15)16)4-2-8(7)6-9;13-11(14)9-5-1-3-7-8(9)4-2-6-10(7)12(15)16;13-11(14)9-5-6-10(12(15)16)8-4-2-1-3-7(8)9/h3*1-6H,(H,13,14)(H,15,16). The van der Waals surface area contributed by atoms with Gasteiger partial charge >= 0.3 is 35.8 Å². The number of hydrogen-bond donors (Lipinski definition) is 6. The van der Waals surface area contributed by atoms with E-state index in [9.17, 15) is 28.8 Å². The van der Waals surface area contributed by atoms with Gasteiger partial charge in [0.2, 0.25) is 0 Å². The summed E-state index contributed by atoms with van der Waals surface area (Å²) in [4.78, 5) is 65.2. The van der Waals surface area contributed by atoms with E-state index >= 15 is 0 Å². The van der Waals surface area contributed by atoms with Crippen LogP contribution in [0.2, 0.25) is 0 Å². The zero-order chi connectivity index (χ0) is 35.1. The minimum atomic E-state index is -1.06. The van der Waals surface area contributed by atoms with E-state index in [0.29, 0.717) is 32.3 Å². The lowest BCUT2D eigenvalue weighted by molar-refractivity contribution is 0.0684. The second-order valence-electron chi connectivity index (χ2n) is 10.0. The minimum absolute atomic E-state index is 0.112. The zero-order valence-electron chi connectivity index (χ0n) is 24.5. The van der Waals surface area contributed by atoms with Gasteiger partial charge in [-0.2, -0.15) is 0 Å². The molecule has 12 nitrogen and oxygen atoms in total. The molecule has 0 unspecified atom stereocenters. The van der Waals surface area contributed by atoms with Crippen LogP contribution in [0, 0.1) is 0 Å². The first-order valence-corrected chi connectivity index (χ1v) is 13.8. The molecule has 0 amide bonds. The molecule has 0 radical (unpaired) electrons. The monoisotopic (exact) mass is 648 g/mol. The van der Waals surface area contributed by atoms with Crippen LogP contribution in [0.5, 0.6) is 0 Å². The first kappa shape index (κ1) is 33.8. The summed E-state index contributed by atoms with van der Waals surface area (Å²) in [5.74, 6) is -6.24. The molecule has 0 aliphatic rings. The van der Waals surface area contributed by atoms with E-state index in [0.717, 1.165) is 0 Å². The molecule has 6 aromatic rings. The Labute approximate surface area is 270 Å². The molecule has 6 aromatic carbocycles. The van der Waals surface area contributed by atoms with E-state index in [4.69, 9.17) is 30.6 Å². The van der Waals surface area contributed by atoms with E-state index in [1.807, 2.05) is 0 Å². The van der Waals surface area contributed by atoms with E-state index in [-0.39, 0.29) is 33.4 Å². The van der Waals surface area contributed by atoms with Gasteiger partial charge in [-0.25, -0.2) is 28.8 Å². The quantitative estimate of drug-likeness (QED) is 0.111. The fraction of sp³-hybridized carbons (Fsp3) is 0. The summed E-state index contributed by atoms with van der Waals surface area (Å²) < 4.78 is 0. The van der Waals surface area contributed by atoms with Gasteiger partial charge in [0.1, 0.15) is 0 Å². The Bertz CT molecular complexity index is 2050. The number of carboxylic acids is 6. The maximum Gasteiger partial charge on any atom is 0.336 e. The molecule has 0 aromatic heterocycles. The Balaban J connectivity index is 0.000000163. The number of hydrogen-bond acceptors (Lipinski definition) is 6. The van der Waals surface area contributed by atoms with Crippen LogP contribution in [0.4, 0.5) is 0 Å². The first-order valence-electron chi connectivity index (χ1n) is 13.8. The van der Waals surface area contributed by atoms with Gasteiger partial charge in [-0.05, 0) is 80.8 Å². The normalized spacial score (nSPS) is 10.2. The highest BCUT2D eigenvalue weighted by Crippen LogP contribution is 2.24. The lowest BCUT2D eigenvalue weighted by atomic mass is 10.00. The van der Waals surface area contributed by atoms with E-state index < -0.39 is 35.8 Å². The molecule has 0 heterocycles. The Kier molecular flexibility index (Phi) is 10.1. The topological polar surface area (TPSA) is 224 Å². The second-order valence-corrected chi connectivity index (χ2v) is 10.0. The van der Waals surface area contributed by atoms with Crippen LogP contribution < -0.4 is 0 Å². The van der Waals surface area contributed by atoms with Crippen LogP contribution in [0.15, 0.2) is 109 Å². The highest BCUT2D eigenvalue weighted by molar-refractivity contribution is 6.11. The van der Waals surface area contributed by atoms with Crippen molar-refractivity contribution in [3.05, 3.63) is 143 Å². The SMILES string of the molecule is O=C(O)c1ccc(C(=O)O)c2ccccc12.O=C(O)c1ccc2cc(C(=O)O)ccc2c1.O=C(O)c1cccc2c(C(=O)O)cccc12. The summed E-state index contributed by atoms with van der Waals surface area (Å²) in [6.45, 7) is 0. The molecule has 0 aliphatic carbocycles. The van der Waals surface area contributed by atoms with Crippen LogP contribution in [-0.4, -0.2) is 66.5 Å². The molecule has 6 N–H and O–H groups in total. The Morgan fingerprint density at radius 3 is 0.896 bits per heavy atom. The number of benzene rings is 6. The number of fused-ring (bicyclic) bond motifs is 3. The molecule has 6 rings (SSSR count). The van der Waals surface area contributed by atoms with Crippen molar-refractivity contribution in [1.29, 1.82) is 0 Å². The van der Waals surface area contributed by atoms with E-state index in [1.54, 1.807) is 48.5 Å².